The van der Waals surface area contributed by atoms with E-state index in [1.165, 1.54) is 13.8 Å². The molecule has 10 heavy (non-hydrogen) atoms. The number of rotatable bonds is 3. The summed E-state index contributed by atoms with van der Waals surface area (Å²) in [5, 5.41) is 0. The third kappa shape index (κ3) is 3.17. The molecule has 0 spiro atoms. The standard InChI is InChI=1S/C8H12O2/c1-4-8(7(3)10)5-6(2)9/h4H,5H2,1-3H3/b8-4-. The summed E-state index contributed by atoms with van der Waals surface area (Å²) in [5.41, 5.74) is 0.604. The van der Waals surface area contributed by atoms with Gasteiger partial charge < -0.3 is 0 Å². The molecule has 56 valence electrons. The molecule has 0 amide bonds. The van der Waals surface area contributed by atoms with Crippen molar-refractivity contribution in [2.24, 2.45) is 0 Å². The molecule has 0 rings (SSSR count). The molecule has 2 heteroatoms. The number of Topliss-reactive ketones (excluding diaryl/α,β-unsaturated/α-hetero) is 2. The summed E-state index contributed by atoms with van der Waals surface area (Å²) in [7, 11) is 0. The fourth-order valence-electron chi connectivity index (χ4n) is 0.698. The van der Waals surface area contributed by atoms with Crippen molar-refractivity contribution in [3.05, 3.63) is 11.6 Å². The van der Waals surface area contributed by atoms with Crippen molar-refractivity contribution in [1.29, 1.82) is 0 Å². The summed E-state index contributed by atoms with van der Waals surface area (Å²) in [4.78, 5) is 21.2. The van der Waals surface area contributed by atoms with Gasteiger partial charge in [-0.15, -0.1) is 0 Å². The molecule has 0 aliphatic carbocycles. The molecule has 0 aliphatic heterocycles. The zero-order valence-electron chi connectivity index (χ0n) is 6.60. The molecule has 0 saturated carbocycles. The monoisotopic (exact) mass is 140 g/mol. The van der Waals surface area contributed by atoms with Gasteiger partial charge in [0.15, 0.2) is 5.78 Å². The van der Waals surface area contributed by atoms with Crippen LogP contribution in [-0.4, -0.2) is 11.6 Å². The van der Waals surface area contributed by atoms with E-state index in [-0.39, 0.29) is 18.0 Å². The van der Waals surface area contributed by atoms with Crippen LogP contribution in [0.1, 0.15) is 27.2 Å². The average Bonchev–Trinajstić information content (AvgIpc) is 1.81. The number of carbonyl (C=O) groups excluding carboxylic acids is 2. The van der Waals surface area contributed by atoms with Gasteiger partial charge in [-0.05, 0) is 26.3 Å². The quantitative estimate of drug-likeness (QED) is 0.557. The Kier molecular flexibility index (Phi) is 3.62. The molecule has 0 aromatic heterocycles. The third-order valence-electron chi connectivity index (χ3n) is 1.24. The van der Waals surface area contributed by atoms with Gasteiger partial charge in [0.25, 0.3) is 0 Å². The Balaban J connectivity index is 4.12. The van der Waals surface area contributed by atoms with Crippen molar-refractivity contribution in [2.45, 2.75) is 27.2 Å². The predicted molar refractivity (Wildman–Crippen MR) is 39.7 cm³/mol. The maximum atomic E-state index is 10.7. The smallest absolute Gasteiger partial charge is 0.155 e. The molecule has 0 bridgehead atoms. The summed E-state index contributed by atoms with van der Waals surface area (Å²) in [6.07, 6.45) is 1.95. The topological polar surface area (TPSA) is 34.1 Å². The Labute approximate surface area is 60.9 Å². The minimum atomic E-state index is -0.0160. The van der Waals surface area contributed by atoms with Crippen LogP contribution in [0.25, 0.3) is 0 Å². The van der Waals surface area contributed by atoms with Crippen LogP contribution in [0.5, 0.6) is 0 Å². The largest absolute Gasteiger partial charge is 0.300 e. The van der Waals surface area contributed by atoms with E-state index in [0.29, 0.717) is 5.57 Å². The van der Waals surface area contributed by atoms with Crippen molar-refractivity contribution in [3.8, 4) is 0 Å². The number of hydrogen-bond donors (Lipinski definition) is 0. The molecule has 0 radical (unpaired) electrons. The molecule has 0 unspecified atom stereocenters. The van der Waals surface area contributed by atoms with Gasteiger partial charge in [-0.3, -0.25) is 9.59 Å². The number of allylic oxidation sites excluding steroid dienone is 2. The fraction of sp³-hybridized carbons (Fsp3) is 0.500. The van der Waals surface area contributed by atoms with Gasteiger partial charge in [0.05, 0.1) is 0 Å². The van der Waals surface area contributed by atoms with Crippen LogP contribution >= 0.6 is 0 Å². The minimum absolute atomic E-state index is 0.0160. The van der Waals surface area contributed by atoms with Crippen molar-refractivity contribution in [2.75, 3.05) is 0 Å². The maximum absolute atomic E-state index is 10.7. The Morgan fingerprint density at radius 1 is 1.30 bits per heavy atom. The zero-order valence-corrected chi connectivity index (χ0v) is 6.60. The van der Waals surface area contributed by atoms with Crippen LogP contribution in [0.3, 0.4) is 0 Å². The second-order valence-electron chi connectivity index (χ2n) is 2.25. The first-order chi connectivity index (χ1) is 4.57. The maximum Gasteiger partial charge on any atom is 0.155 e. The molecule has 0 N–H and O–H groups in total. The van der Waals surface area contributed by atoms with Gasteiger partial charge >= 0.3 is 0 Å². The first-order valence-electron chi connectivity index (χ1n) is 3.23. The summed E-state index contributed by atoms with van der Waals surface area (Å²) < 4.78 is 0. The van der Waals surface area contributed by atoms with Crippen LogP contribution in [-0.2, 0) is 9.59 Å². The van der Waals surface area contributed by atoms with Gasteiger partial charge in [-0.1, -0.05) is 6.08 Å². The highest BCUT2D eigenvalue weighted by Crippen LogP contribution is 2.02. The molecule has 0 saturated heterocycles. The summed E-state index contributed by atoms with van der Waals surface area (Å²) in [6.45, 7) is 4.71. The molecule has 2 nitrogen and oxygen atoms in total. The van der Waals surface area contributed by atoms with Crippen LogP contribution in [0.15, 0.2) is 11.6 Å². The third-order valence-corrected chi connectivity index (χ3v) is 1.24. The van der Waals surface area contributed by atoms with Crippen molar-refractivity contribution in [3.63, 3.8) is 0 Å². The van der Waals surface area contributed by atoms with Crippen LogP contribution in [0, 0.1) is 0 Å². The van der Waals surface area contributed by atoms with E-state index < -0.39 is 0 Å². The number of ketones is 2. The van der Waals surface area contributed by atoms with E-state index in [4.69, 9.17) is 0 Å². The Bertz CT molecular complexity index is 178. The van der Waals surface area contributed by atoms with Gasteiger partial charge in [0.2, 0.25) is 0 Å². The number of hydrogen-bond acceptors (Lipinski definition) is 2. The van der Waals surface area contributed by atoms with E-state index in [1.54, 1.807) is 13.0 Å². The van der Waals surface area contributed by atoms with Crippen molar-refractivity contribution in [1.82, 2.24) is 0 Å². The molecule has 0 aliphatic rings. The lowest BCUT2D eigenvalue weighted by atomic mass is 10.1. The lowest BCUT2D eigenvalue weighted by molar-refractivity contribution is -0.119. The van der Waals surface area contributed by atoms with Gasteiger partial charge in [0.1, 0.15) is 5.78 Å². The molecule has 0 aromatic rings. The first kappa shape index (κ1) is 9.08. The highest BCUT2D eigenvalue weighted by molar-refractivity contribution is 5.98. The second-order valence-corrected chi connectivity index (χ2v) is 2.25. The molecule has 0 fully saturated rings. The Morgan fingerprint density at radius 2 is 1.80 bits per heavy atom. The van der Waals surface area contributed by atoms with E-state index in [2.05, 4.69) is 0 Å². The summed E-state index contributed by atoms with van der Waals surface area (Å²) in [5.74, 6) is 0.0148. The number of carbonyl (C=O) groups is 2. The molecule has 0 heterocycles. The molecular formula is C8H12O2. The fourth-order valence-corrected chi connectivity index (χ4v) is 0.698. The minimum Gasteiger partial charge on any atom is -0.300 e. The van der Waals surface area contributed by atoms with Crippen molar-refractivity contribution < 1.29 is 9.59 Å². The van der Waals surface area contributed by atoms with Crippen LogP contribution < -0.4 is 0 Å². The van der Waals surface area contributed by atoms with Crippen LogP contribution in [0.4, 0.5) is 0 Å². The average molecular weight is 140 g/mol. The predicted octanol–water partition coefficient (Wildman–Crippen LogP) is 1.50. The molecular weight excluding hydrogens is 128 g/mol. The van der Waals surface area contributed by atoms with Gasteiger partial charge in [-0.2, -0.15) is 0 Å². The van der Waals surface area contributed by atoms with E-state index >= 15 is 0 Å². The summed E-state index contributed by atoms with van der Waals surface area (Å²) >= 11 is 0. The highest BCUT2D eigenvalue weighted by atomic mass is 16.1. The highest BCUT2D eigenvalue weighted by Gasteiger charge is 2.03. The van der Waals surface area contributed by atoms with E-state index in [1.807, 2.05) is 0 Å². The van der Waals surface area contributed by atoms with Crippen LogP contribution in [0.2, 0.25) is 0 Å². The molecule has 0 atom stereocenters. The normalized spacial score (nSPS) is 11.3. The molecule has 0 aromatic carbocycles. The van der Waals surface area contributed by atoms with Gasteiger partial charge in [-0.25, -0.2) is 0 Å². The Morgan fingerprint density at radius 3 is 1.90 bits per heavy atom. The SMILES string of the molecule is C/C=C(/CC(C)=O)C(C)=O. The lowest BCUT2D eigenvalue weighted by Gasteiger charge is -1.96. The van der Waals surface area contributed by atoms with Crippen molar-refractivity contribution >= 4 is 11.6 Å². The lowest BCUT2D eigenvalue weighted by Crippen LogP contribution is -2.01. The van der Waals surface area contributed by atoms with Gasteiger partial charge in [0, 0.05) is 6.42 Å². The second kappa shape index (κ2) is 3.99. The Hall–Kier alpha value is -0.920. The zero-order chi connectivity index (χ0) is 8.15. The first-order valence-corrected chi connectivity index (χ1v) is 3.23. The summed E-state index contributed by atoms with van der Waals surface area (Å²) in [6, 6.07) is 0. The van der Waals surface area contributed by atoms with E-state index in [9.17, 15) is 9.59 Å². The van der Waals surface area contributed by atoms with E-state index in [0.717, 1.165) is 0 Å².